The molecule has 0 N–H and O–H groups in total. The lowest BCUT2D eigenvalue weighted by molar-refractivity contribution is 0.661. The number of rotatable bonds is 4. The van der Waals surface area contributed by atoms with Crippen LogP contribution in [0.15, 0.2) is 207 Å². The molecule has 1 aliphatic carbocycles. The lowest BCUT2D eigenvalue weighted by atomic mass is 9.81. The summed E-state index contributed by atoms with van der Waals surface area (Å²) in [6.45, 7) is 4.73. The molecule has 0 saturated heterocycles. The van der Waals surface area contributed by atoms with E-state index < -0.39 is 0 Å². The summed E-state index contributed by atoms with van der Waals surface area (Å²) in [5.74, 6) is 1.85. The molecule has 0 fully saturated rings. The first-order valence-electron chi connectivity index (χ1n) is 21.5. The Morgan fingerprint density at radius 2 is 0.746 bits per heavy atom. The van der Waals surface area contributed by atoms with Gasteiger partial charge in [0.15, 0.2) is 17.5 Å². The van der Waals surface area contributed by atoms with Crippen LogP contribution in [0, 0.1) is 0 Å². The van der Waals surface area contributed by atoms with Gasteiger partial charge in [-0.2, -0.15) is 0 Å². The van der Waals surface area contributed by atoms with Gasteiger partial charge in [0.1, 0.15) is 0 Å². The number of nitrogens with zero attached hydrogens (tertiary/aromatic N) is 4. The topological polar surface area (TPSA) is 51.6 Å². The standard InChI is InChI=1S/C59H40N4/c1-59(2)54-25-13-12-24-49(54)53-34-51-50-33-40(58-62-56(38-15-4-3-5-16-38)61-57(63-58)39-28-26-37(27-29-39)41-17-14-32-60-36-41)30-31-48(50)46-22-9-8-20-44(46)42-18-6-7-19-43(42)45-21-10-11-23-47(45)52(51)35-55(53)59/h3-36H,1-2H3. The predicted molar refractivity (Wildman–Crippen MR) is 262 cm³/mol. The summed E-state index contributed by atoms with van der Waals surface area (Å²) in [5.41, 5.74) is 9.98. The lowest BCUT2D eigenvalue weighted by Crippen LogP contribution is -2.14. The summed E-state index contributed by atoms with van der Waals surface area (Å²) in [5, 5.41) is 11.8. The van der Waals surface area contributed by atoms with Gasteiger partial charge < -0.3 is 0 Å². The van der Waals surface area contributed by atoms with Crippen molar-refractivity contribution in [2.75, 3.05) is 0 Å². The second kappa shape index (κ2) is 14.5. The third kappa shape index (κ3) is 6.06. The molecule has 12 rings (SSSR count). The SMILES string of the molecule is CC1(C)c2ccccc2-c2cc3c4cc(-c5nc(-c6ccccc6)nc(-c6ccc(-c7cccnc7)cc6)n5)ccc4c4ccccc4c4ccccc4c4ccccc4c3cc21. The van der Waals surface area contributed by atoms with E-state index >= 15 is 0 Å². The molecule has 0 bridgehead atoms. The maximum absolute atomic E-state index is 5.26. The Morgan fingerprint density at radius 1 is 0.302 bits per heavy atom. The molecule has 9 aromatic carbocycles. The zero-order chi connectivity index (χ0) is 42.1. The zero-order valence-electron chi connectivity index (χ0n) is 34.9. The second-order valence-corrected chi connectivity index (χ2v) is 17.0. The van der Waals surface area contributed by atoms with Crippen molar-refractivity contribution < 1.29 is 0 Å². The highest BCUT2D eigenvalue weighted by Crippen LogP contribution is 2.51. The Hall–Kier alpha value is -8.08. The fourth-order valence-electron chi connectivity index (χ4n) is 9.89. The summed E-state index contributed by atoms with van der Waals surface area (Å²) in [4.78, 5) is 19.9. The van der Waals surface area contributed by atoms with Crippen LogP contribution in [-0.2, 0) is 5.41 Å². The lowest BCUT2D eigenvalue weighted by Gasteiger charge is -2.22. The first-order chi connectivity index (χ1) is 31.0. The van der Waals surface area contributed by atoms with Crippen LogP contribution in [0.1, 0.15) is 25.0 Å². The highest BCUT2D eigenvalue weighted by atomic mass is 15.0. The van der Waals surface area contributed by atoms with Gasteiger partial charge in [-0.15, -0.1) is 0 Å². The average Bonchev–Trinajstić information content (AvgIpc) is 3.58. The molecule has 0 radical (unpaired) electrons. The van der Waals surface area contributed by atoms with Crippen molar-refractivity contribution in [3.63, 3.8) is 0 Å². The molecule has 11 aromatic rings. The fraction of sp³-hybridized carbons (Fsp3) is 0.0508. The van der Waals surface area contributed by atoms with Crippen LogP contribution in [0.2, 0.25) is 0 Å². The van der Waals surface area contributed by atoms with Crippen LogP contribution in [0.4, 0.5) is 0 Å². The van der Waals surface area contributed by atoms with Crippen molar-refractivity contribution in [1.82, 2.24) is 19.9 Å². The van der Waals surface area contributed by atoms with Crippen molar-refractivity contribution in [3.05, 3.63) is 218 Å². The minimum atomic E-state index is -0.175. The Bertz CT molecular complexity index is 3690. The van der Waals surface area contributed by atoms with Crippen LogP contribution in [-0.4, -0.2) is 19.9 Å². The number of fused-ring (bicyclic) bond motifs is 13. The highest BCUT2D eigenvalue weighted by Gasteiger charge is 2.35. The zero-order valence-corrected chi connectivity index (χ0v) is 34.9. The molecule has 2 aromatic heterocycles. The Morgan fingerprint density at radius 3 is 1.35 bits per heavy atom. The number of pyridine rings is 1. The molecule has 1 aliphatic rings. The molecule has 4 nitrogen and oxygen atoms in total. The normalized spacial score (nSPS) is 12.7. The molecule has 296 valence electrons. The van der Waals surface area contributed by atoms with Crippen molar-refractivity contribution in [2.45, 2.75) is 19.3 Å². The second-order valence-electron chi connectivity index (χ2n) is 17.0. The summed E-state index contributed by atoms with van der Waals surface area (Å²) >= 11 is 0. The molecule has 0 spiro atoms. The van der Waals surface area contributed by atoms with Gasteiger partial charge in [-0.3, -0.25) is 4.98 Å². The molecular weight excluding hydrogens is 765 g/mol. The van der Waals surface area contributed by atoms with E-state index in [1.54, 1.807) is 6.20 Å². The maximum Gasteiger partial charge on any atom is 0.164 e. The van der Waals surface area contributed by atoms with E-state index in [0.29, 0.717) is 17.5 Å². The summed E-state index contributed by atoms with van der Waals surface area (Å²) in [7, 11) is 0. The monoisotopic (exact) mass is 804 g/mol. The smallest absolute Gasteiger partial charge is 0.164 e. The van der Waals surface area contributed by atoms with Gasteiger partial charge in [0.05, 0.1) is 0 Å². The number of benzene rings is 8. The molecule has 0 atom stereocenters. The van der Waals surface area contributed by atoms with Crippen molar-refractivity contribution >= 4 is 53.9 Å². The van der Waals surface area contributed by atoms with E-state index in [1.807, 2.05) is 30.5 Å². The first-order valence-corrected chi connectivity index (χ1v) is 21.5. The van der Waals surface area contributed by atoms with Gasteiger partial charge in [-0.25, -0.2) is 15.0 Å². The molecule has 2 heterocycles. The Balaban J connectivity index is 1.21. The van der Waals surface area contributed by atoms with Crippen LogP contribution in [0.25, 0.3) is 110 Å². The van der Waals surface area contributed by atoms with Crippen molar-refractivity contribution in [3.8, 4) is 56.4 Å². The van der Waals surface area contributed by atoms with Crippen molar-refractivity contribution in [1.29, 1.82) is 0 Å². The molecule has 4 heteroatoms. The Labute approximate surface area is 365 Å². The average molecular weight is 805 g/mol. The molecule has 0 saturated carbocycles. The number of aromatic nitrogens is 4. The first kappa shape index (κ1) is 36.7. The van der Waals surface area contributed by atoms with E-state index in [9.17, 15) is 0 Å². The summed E-state index contributed by atoms with van der Waals surface area (Å²) in [6, 6.07) is 69.9. The van der Waals surface area contributed by atoms with Crippen LogP contribution < -0.4 is 0 Å². The van der Waals surface area contributed by atoms with E-state index in [2.05, 4.69) is 189 Å². The highest BCUT2D eigenvalue weighted by molar-refractivity contribution is 6.27. The van der Waals surface area contributed by atoms with Gasteiger partial charge >= 0.3 is 0 Å². The molecule has 0 amide bonds. The van der Waals surface area contributed by atoms with Gasteiger partial charge in [-0.1, -0.05) is 184 Å². The van der Waals surface area contributed by atoms with Crippen LogP contribution in [0.5, 0.6) is 0 Å². The third-order valence-corrected chi connectivity index (χ3v) is 13.0. The van der Waals surface area contributed by atoms with Gasteiger partial charge in [0.2, 0.25) is 0 Å². The molecule has 63 heavy (non-hydrogen) atoms. The number of hydrogen-bond acceptors (Lipinski definition) is 4. The fourth-order valence-corrected chi connectivity index (χ4v) is 9.89. The van der Waals surface area contributed by atoms with Gasteiger partial charge in [0.25, 0.3) is 0 Å². The van der Waals surface area contributed by atoms with E-state index in [4.69, 9.17) is 15.0 Å². The quantitative estimate of drug-likeness (QED) is 0.178. The third-order valence-electron chi connectivity index (χ3n) is 13.0. The summed E-state index contributed by atoms with van der Waals surface area (Å²) < 4.78 is 0. The largest absolute Gasteiger partial charge is 0.264 e. The van der Waals surface area contributed by atoms with Crippen LogP contribution >= 0.6 is 0 Å². The van der Waals surface area contributed by atoms with Crippen LogP contribution in [0.3, 0.4) is 0 Å². The van der Waals surface area contributed by atoms with Gasteiger partial charge in [-0.05, 0) is 112 Å². The van der Waals surface area contributed by atoms with E-state index in [-0.39, 0.29) is 5.41 Å². The predicted octanol–water partition coefficient (Wildman–Crippen LogP) is 15.1. The minimum absolute atomic E-state index is 0.175. The number of hydrogen-bond donors (Lipinski definition) is 0. The molecular formula is C59H40N4. The molecule has 0 unspecified atom stereocenters. The van der Waals surface area contributed by atoms with E-state index in [0.717, 1.165) is 38.6 Å². The summed E-state index contributed by atoms with van der Waals surface area (Å²) in [6.07, 6.45) is 3.68. The van der Waals surface area contributed by atoms with Gasteiger partial charge in [0, 0.05) is 34.5 Å². The minimum Gasteiger partial charge on any atom is -0.264 e. The maximum atomic E-state index is 5.26. The Kier molecular flexibility index (Phi) is 8.48. The van der Waals surface area contributed by atoms with Crippen molar-refractivity contribution in [2.24, 2.45) is 0 Å². The molecule has 0 aliphatic heterocycles. The van der Waals surface area contributed by atoms with E-state index in [1.165, 1.54) is 65.3 Å².